The second kappa shape index (κ2) is 8.53. The fraction of sp³-hybridized carbons (Fsp3) is 0.333. The monoisotopic (exact) mass is 507 g/mol. The molecule has 3 aliphatic carbocycles. The van der Waals surface area contributed by atoms with E-state index in [1.165, 1.54) is 13.2 Å². The molecule has 0 bridgehead atoms. The highest BCUT2D eigenvalue weighted by Crippen LogP contribution is 2.52. The zero-order valence-electron chi connectivity index (χ0n) is 19.8. The van der Waals surface area contributed by atoms with Crippen LogP contribution in [0.5, 0.6) is 11.5 Å². The lowest BCUT2D eigenvalue weighted by Gasteiger charge is -2.48. The molecule has 5 rings (SSSR count). The van der Waals surface area contributed by atoms with Crippen LogP contribution in [0.3, 0.4) is 0 Å². The number of hydrogen-bond donors (Lipinski definition) is 5. The summed E-state index contributed by atoms with van der Waals surface area (Å²) in [5.74, 6) is -7.28. The van der Waals surface area contributed by atoms with Gasteiger partial charge in [0.25, 0.3) is 0 Å². The first-order chi connectivity index (χ1) is 17.5. The van der Waals surface area contributed by atoms with Crippen LogP contribution in [0.4, 0.5) is 0 Å². The number of carbonyl (C=O) groups excluding carboxylic acids is 4. The van der Waals surface area contributed by atoms with Crippen LogP contribution in [0.2, 0.25) is 0 Å². The van der Waals surface area contributed by atoms with E-state index in [1.54, 1.807) is 24.3 Å². The van der Waals surface area contributed by atoms with Crippen LogP contribution in [0.25, 0.3) is 16.9 Å². The number of aliphatic hydroxyl groups excluding tert-OH is 2. The minimum absolute atomic E-state index is 0.0163. The molecule has 2 aromatic rings. The van der Waals surface area contributed by atoms with E-state index in [9.17, 15) is 39.6 Å². The van der Waals surface area contributed by atoms with Gasteiger partial charge in [0.15, 0.2) is 17.7 Å². The molecule has 5 atom stereocenters. The first-order valence-corrected chi connectivity index (χ1v) is 11.7. The number of phenolic OH excluding ortho intramolecular Hbond substituents is 1. The van der Waals surface area contributed by atoms with Crippen LogP contribution in [0, 0.1) is 17.8 Å². The van der Waals surface area contributed by atoms with Crippen molar-refractivity contribution in [2.75, 3.05) is 7.11 Å². The van der Waals surface area contributed by atoms with E-state index in [2.05, 4.69) is 0 Å². The molecule has 37 heavy (non-hydrogen) atoms. The molecule has 0 heterocycles. The van der Waals surface area contributed by atoms with Crippen LogP contribution in [0.15, 0.2) is 35.9 Å². The largest absolute Gasteiger partial charge is 0.507 e. The van der Waals surface area contributed by atoms with E-state index in [0.29, 0.717) is 34.3 Å². The Balaban J connectivity index is 1.66. The highest BCUT2D eigenvalue weighted by Gasteiger charge is 2.63. The van der Waals surface area contributed by atoms with Gasteiger partial charge in [0.05, 0.1) is 24.3 Å². The number of hydrogen-bond acceptors (Lipinski definition) is 9. The van der Waals surface area contributed by atoms with Crippen LogP contribution >= 0.6 is 0 Å². The highest BCUT2D eigenvalue weighted by molar-refractivity contribution is 6.24. The van der Waals surface area contributed by atoms with Gasteiger partial charge >= 0.3 is 0 Å². The molecular weight excluding hydrogens is 482 g/mol. The third-order valence-corrected chi connectivity index (χ3v) is 7.94. The number of aldehydes is 1. The van der Waals surface area contributed by atoms with E-state index in [1.807, 2.05) is 0 Å². The summed E-state index contributed by atoms with van der Waals surface area (Å²) < 4.78 is 5.20. The summed E-state index contributed by atoms with van der Waals surface area (Å²) in [6.07, 6.45) is -0.767. The number of benzene rings is 2. The van der Waals surface area contributed by atoms with Gasteiger partial charge in [-0.25, -0.2) is 0 Å². The van der Waals surface area contributed by atoms with Gasteiger partial charge < -0.3 is 30.9 Å². The number of fused-ring (bicyclic) bond motifs is 3. The van der Waals surface area contributed by atoms with Crippen molar-refractivity contribution in [2.45, 2.75) is 31.0 Å². The molecule has 0 aliphatic heterocycles. The Morgan fingerprint density at radius 3 is 2.54 bits per heavy atom. The average Bonchev–Trinajstić information content (AvgIpc) is 2.85. The topological polar surface area (TPSA) is 184 Å². The van der Waals surface area contributed by atoms with E-state index in [0.717, 1.165) is 0 Å². The van der Waals surface area contributed by atoms with Crippen LogP contribution in [0.1, 0.15) is 34.3 Å². The van der Waals surface area contributed by atoms with E-state index >= 15 is 0 Å². The maximum Gasteiger partial charge on any atom is 0.230 e. The minimum Gasteiger partial charge on any atom is -0.507 e. The molecule has 2 aromatic carbocycles. The number of ketones is 2. The number of aliphatic hydroxyl groups is 3. The second-order valence-electron chi connectivity index (χ2n) is 9.80. The Kier molecular flexibility index (Phi) is 5.69. The maximum absolute atomic E-state index is 13.6. The van der Waals surface area contributed by atoms with Crippen molar-refractivity contribution in [3.05, 3.63) is 52.6 Å². The third-order valence-electron chi connectivity index (χ3n) is 7.94. The Morgan fingerprint density at radius 2 is 1.89 bits per heavy atom. The lowest BCUT2D eigenvalue weighted by Crippen LogP contribution is -2.66. The molecule has 10 nitrogen and oxygen atoms in total. The summed E-state index contributed by atoms with van der Waals surface area (Å²) >= 11 is 0. The van der Waals surface area contributed by atoms with Gasteiger partial charge in [-0.15, -0.1) is 0 Å². The van der Waals surface area contributed by atoms with Crippen LogP contribution in [-0.4, -0.2) is 63.0 Å². The number of ether oxygens (including phenoxy) is 1. The van der Waals surface area contributed by atoms with Crippen molar-refractivity contribution in [1.29, 1.82) is 0 Å². The van der Waals surface area contributed by atoms with Crippen molar-refractivity contribution >= 4 is 29.5 Å². The summed E-state index contributed by atoms with van der Waals surface area (Å²) in [7, 11) is 1.44. The van der Waals surface area contributed by atoms with Crippen molar-refractivity contribution in [3.63, 3.8) is 0 Å². The zero-order valence-corrected chi connectivity index (χ0v) is 19.8. The molecule has 6 N–H and O–H groups in total. The molecule has 10 heteroatoms. The van der Waals surface area contributed by atoms with Crippen molar-refractivity contribution < 1.29 is 44.3 Å². The van der Waals surface area contributed by atoms with Gasteiger partial charge in [0, 0.05) is 11.5 Å². The van der Waals surface area contributed by atoms with Gasteiger partial charge in [-0.1, -0.05) is 12.1 Å². The number of amides is 1. The Bertz CT molecular complexity index is 1410. The number of aromatic hydroxyl groups is 1. The number of nitrogens with two attached hydrogens (primary N) is 1. The van der Waals surface area contributed by atoms with Gasteiger partial charge in [-0.05, 0) is 60.1 Å². The smallest absolute Gasteiger partial charge is 0.230 e. The molecule has 2 saturated carbocycles. The molecule has 1 amide bonds. The first-order valence-electron chi connectivity index (χ1n) is 11.7. The van der Waals surface area contributed by atoms with E-state index < -0.39 is 52.7 Å². The summed E-state index contributed by atoms with van der Waals surface area (Å²) in [4.78, 5) is 50.0. The Labute approximate surface area is 211 Å². The number of primary amides is 1. The molecule has 0 spiro atoms. The highest BCUT2D eigenvalue weighted by atomic mass is 16.5. The first kappa shape index (κ1) is 24.7. The normalized spacial score (nSPS) is 28.7. The summed E-state index contributed by atoms with van der Waals surface area (Å²) in [6, 6.07) is 7.93. The molecule has 2 fully saturated rings. The predicted molar refractivity (Wildman–Crippen MR) is 129 cm³/mol. The molecule has 0 radical (unpaired) electrons. The number of methoxy groups -OCH3 is 1. The van der Waals surface area contributed by atoms with E-state index in [4.69, 9.17) is 10.5 Å². The van der Waals surface area contributed by atoms with Gasteiger partial charge in [0.1, 0.15) is 23.2 Å². The Hall–Kier alpha value is -4.02. The van der Waals surface area contributed by atoms with Crippen molar-refractivity contribution in [1.82, 2.24) is 0 Å². The molecule has 3 aliphatic rings. The fourth-order valence-electron chi connectivity index (χ4n) is 6.19. The standard InChI is InChI=1S/C27H25NO9/c1-37-19-5-2-11(6-13(19)10-29)15-3-4-17(30)21-16(15)8-12-7-14-9-18(31)22(26(28)35)25(34)27(14,36)24(33)20(12)23(21)32/h2-6,10,12,14,18,22,30-32,36H,7-9H2,1H3,(H2,28,35)/t12-,14+,18?,22?,27+/m1/s1. The lowest BCUT2D eigenvalue weighted by molar-refractivity contribution is -0.174. The second-order valence-corrected chi connectivity index (χ2v) is 9.80. The van der Waals surface area contributed by atoms with Gasteiger partial charge in [-0.3, -0.25) is 19.2 Å². The van der Waals surface area contributed by atoms with Gasteiger partial charge in [-0.2, -0.15) is 0 Å². The lowest BCUT2D eigenvalue weighted by atomic mass is 9.56. The number of carbonyl (C=O) groups is 4. The summed E-state index contributed by atoms with van der Waals surface area (Å²) in [6.45, 7) is 0. The molecule has 192 valence electrons. The molecule has 0 aromatic heterocycles. The minimum atomic E-state index is -2.63. The number of rotatable bonds is 4. The van der Waals surface area contributed by atoms with Gasteiger partial charge in [0.2, 0.25) is 11.7 Å². The number of phenols is 1. The fourth-order valence-corrected chi connectivity index (χ4v) is 6.19. The molecular formula is C27H25NO9. The van der Waals surface area contributed by atoms with Crippen molar-refractivity contribution in [3.8, 4) is 22.6 Å². The maximum atomic E-state index is 13.6. The Morgan fingerprint density at radius 1 is 1.16 bits per heavy atom. The average molecular weight is 507 g/mol. The summed E-state index contributed by atoms with van der Waals surface area (Å²) in [5, 5.41) is 43.6. The zero-order chi connectivity index (χ0) is 26.8. The SMILES string of the molecule is COc1ccc(-c2ccc(O)c3c2C[C@H]2C[C@H]4CC(O)C(C(N)=O)C(=O)[C@@]4(O)C(=O)C2=C3O)cc1C=O. The van der Waals surface area contributed by atoms with Crippen LogP contribution in [-0.2, 0) is 20.8 Å². The summed E-state index contributed by atoms with van der Waals surface area (Å²) in [5.41, 5.74) is 4.44. The molecule has 0 saturated heterocycles. The third kappa shape index (κ3) is 3.40. The van der Waals surface area contributed by atoms with Crippen LogP contribution < -0.4 is 10.5 Å². The quantitative estimate of drug-likeness (QED) is 0.298. The van der Waals surface area contributed by atoms with Crippen molar-refractivity contribution in [2.24, 2.45) is 23.5 Å². The van der Waals surface area contributed by atoms with E-state index in [-0.39, 0.29) is 36.1 Å². The molecule has 2 unspecified atom stereocenters. The predicted octanol–water partition coefficient (Wildman–Crippen LogP) is 1.08. The number of Topliss-reactive ketones (excluding diaryl/α,β-unsaturated/α-hetero) is 2.